The third-order valence-electron chi connectivity index (χ3n) is 2.42. The van der Waals surface area contributed by atoms with Crippen LogP contribution in [0.15, 0.2) is 4.79 Å². The average Bonchev–Trinajstić information content (AvgIpc) is 2.16. The highest BCUT2D eigenvalue weighted by Crippen LogP contribution is 2.32. The number of alkyl halides is 3. The summed E-state index contributed by atoms with van der Waals surface area (Å²) in [5.74, 6) is -0.271. The molecule has 2 rings (SSSR count). The van der Waals surface area contributed by atoms with E-state index in [4.69, 9.17) is 0 Å². The van der Waals surface area contributed by atoms with Gasteiger partial charge in [0, 0.05) is 24.1 Å². The van der Waals surface area contributed by atoms with E-state index in [1.807, 2.05) is 0 Å². The molecule has 0 aliphatic heterocycles. The van der Waals surface area contributed by atoms with Crippen LogP contribution in [0.3, 0.4) is 0 Å². The van der Waals surface area contributed by atoms with Gasteiger partial charge < -0.3 is 4.98 Å². The number of hydrogen-bond donors (Lipinski definition) is 1. The molecule has 16 heavy (non-hydrogen) atoms. The van der Waals surface area contributed by atoms with Crippen LogP contribution in [-0.2, 0) is 23.8 Å². The number of Topliss-reactive ketones (excluding diaryl/α,β-unsaturated/α-hetero) is 1. The molecule has 0 atom stereocenters. The summed E-state index contributed by atoms with van der Waals surface area (Å²) < 4.78 is 37.7. The van der Waals surface area contributed by atoms with Crippen molar-refractivity contribution in [1.29, 1.82) is 0 Å². The lowest BCUT2D eigenvalue weighted by Crippen LogP contribution is -2.28. The first-order chi connectivity index (χ1) is 7.38. The number of ketones is 1. The number of aromatic nitrogens is 2. The van der Waals surface area contributed by atoms with Crippen LogP contribution < -0.4 is 5.69 Å². The minimum Gasteiger partial charge on any atom is -0.309 e. The van der Waals surface area contributed by atoms with Crippen molar-refractivity contribution in [2.24, 2.45) is 0 Å². The molecule has 7 heteroatoms. The monoisotopic (exact) mass is 232 g/mol. The smallest absolute Gasteiger partial charge is 0.309 e. The quantitative estimate of drug-likeness (QED) is 0.721. The SMILES string of the molecule is O=C1CCc2[nH]c(=O)nc(C(F)(F)F)c2C1. The predicted molar refractivity (Wildman–Crippen MR) is 46.9 cm³/mol. The van der Waals surface area contributed by atoms with Crippen LogP contribution in [0, 0.1) is 0 Å². The normalized spacial score (nSPS) is 16.1. The van der Waals surface area contributed by atoms with Crippen LogP contribution in [0.2, 0.25) is 0 Å². The maximum Gasteiger partial charge on any atom is 0.433 e. The minimum absolute atomic E-state index is 0.134. The molecule has 0 radical (unpaired) electrons. The van der Waals surface area contributed by atoms with Crippen molar-refractivity contribution < 1.29 is 18.0 Å². The maximum atomic E-state index is 12.6. The van der Waals surface area contributed by atoms with Crippen LogP contribution >= 0.6 is 0 Å². The number of nitrogens with one attached hydrogen (secondary N) is 1. The first-order valence-electron chi connectivity index (χ1n) is 4.59. The summed E-state index contributed by atoms with van der Waals surface area (Å²) >= 11 is 0. The average molecular weight is 232 g/mol. The highest BCUT2D eigenvalue weighted by Gasteiger charge is 2.38. The highest BCUT2D eigenvalue weighted by molar-refractivity contribution is 5.83. The number of aromatic amines is 1. The topological polar surface area (TPSA) is 62.8 Å². The van der Waals surface area contributed by atoms with E-state index in [2.05, 4.69) is 9.97 Å². The molecule has 0 amide bonds. The van der Waals surface area contributed by atoms with Crippen molar-refractivity contribution in [3.63, 3.8) is 0 Å². The first-order valence-corrected chi connectivity index (χ1v) is 4.59. The van der Waals surface area contributed by atoms with Crippen molar-refractivity contribution in [2.75, 3.05) is 0 Å². The third kappa shape index (κ3) is 1.84. The van der Waals surface area contributed by atoms with E-state index in [0.717, 1.165) is 0 Å². The zero-order valence-electron chi connectivity index (χ0n) is 8.02. The van der Waals surface area contributed by atoms with Crippen LogP contribution in [0.1, 0.15) is 23.4 Å². The second-order valence-corrected chi connectivity index (χ2v) is 3.56. The van der Waals surface area contributed by atoms with E-state index in [1.54, 1.807) is 0 Å². The Bertz CT molecular complexity index is 504. The molecule has 0 unspecified atom stereocenters. The fraction of sp³-hybridized carbons (Fsp3) is 0.444. The van der Waals surface area contributed by atoms with E-state index in [1.165, 1.54) is 0 Å². The zero-order chi connectivity index (χ0) is 11.9. The van der Waals surface area contributed by atoms with Gasteiger partial charge in [0.15, 0.2) is 5.69 Å². The number of carbonyl (C=O) groups excluding carboxylic acids is 1. The lowest BCUT2D eigenvalue weighted by molar-refractivity contribution is -0.142. The fourth-order valence-electron chi connectivity index (χ4n) is 1.73. The van der Waals surface area contributed by atoms with Crippen molar-refractivity contribution >= 4 is 5.78 Å². The molecular weight excluding hydrogens is 225 g/mol. The molecule has 1 heterocycles. The van der Waals surface area contributed by atoms with Gasteiger partial charge in [0.2, 0.25) is 0 Å². The Balaban J connectivity index is 2.65. The van der Waals surface area contributed by atoms with Crippen molar-refractivity contribution in [2.45, 2.75) is 25.4 Å². The molecule has 1 aliphatic rings. The van der Waals surface area contributed by atoms with Gasteiger partial charge in [-0.15, -0.1) is 0 Å². The van der Waals surface area contributed by atoms with Gasteiger partial charge in [-0.2, -0.15) is 18.2 Å². The van der Waals surface area contributed by atoms with Crippen molar-refractivity contribution in [1.82, 2.24) is 9.97 Å². The Morgan fingerprint density at radius 3 is 2.50 bits per heavy atom. The number of halogens is 3. The van der Waals surface area contributed by atoms with Gasteiger partial charge in [0.1, 0.15) is 5.78 Å². The van der Waals surface area contributed by atoms with Gasteiger partial charge in [-0.25, -0.2) is 4.79 Å². The molecule has 1 aliphatic carbocycles. The van der Waals surface area contributed by atoms with Crippen molar-refractivity contribution in [3.05, 3.63) is 27.4 Å². The third-order valence-corrected chi connectivity index (χ3v) is 2.42. The van der Waals surface area contributed by atoms with Crippen LogP contribution in [0.25, 0.3) is 0 Å². The zero-order valence-corrected chi connectivity index (χ0v) is 8.02. The van der Waals surface area contributed by atoms with Gasteiger partial charge in [0.05, 0.1) is 0 Å². The first kappa shape index (κ1) is 10.8. The minimum atomic E-state index is -4.70. The summed E-state index contributed by atoms with van der Waals surface area (Å²) in [5, 5.41) is 0. The molecule has 0 aromatic carbocycles. The van der Waals surface area contributed by atoms with E-state index < -0.39 is 17.6 Å². The Morgan fingerprint density at radius 1 is 1.19 bits per heavy atom. The summed E-state index contributed by atoms with van der Waals surface area (Å²) in [6.07, 6.45) is -4.72. The number of carbonyl (C=O) groups is 1. The Hall–Kier alpha value is -1.66. The highest BCUT2D eigenvalue weighted by atomic mass is 19.4. The lowest BCUT2D eigenvalue weighted by atomic mass is 9.93. The molecule has 4 nitrogen and oxygen atoms in total. The van der Waals surface area contributed by atoms with Gasteiger partial charge in [0.25, 0.3) is 0 Å². The second-order valence-electron chi connectivity index (χ2n) is 3.56. The number of rotatable bonds is 0. The lowest BCUT2D eigenvalue weighted by Gasteiger charge is -2.18. The number of H-pyrrole nitrogens is 1. The number of fused-ring (bicyclic) bond motifs is 1. The fourth-order valence-corrected chi connectivity index (χ4v) is 1.73. The van der Waals surface area contributed by atoms with E-state index in [9.17, 15) is 22.8 Å². The van der Waals surface area contributed by atoms with Crippen LogP contribution in [0.5, 0.6) is 0 Å². The standard InChI is InChI=1S/C9H7F3N2O2/c10-9(11,12)7-5-3-4(15)1-2-6(5)13-8(16)14-7/h1-3H2,(H,13,14,16). The largest absolute Gasteiger partial charge is 0.433 e. The molecule has 0 spiro atoms. The number of nitrogens with zero attached hydrogens (tertiary/aromatic N) is 1. The molecule has 0 bridgehead atoms. The molecule has 0 fully saturated rings. The Morgan fingerprint density at radius 2 is 1.88 bits per heavy atom. The predicted octanol–water partition coefficient (Wildman–Crippen LogP) is 0.847. The van der Waals surface area contributed by atoms with Gasteiger partial charge in [-0.1, -0.05) is 0 Å². The Kier molecular flexibility index (Phi) is 2.32. The van der Waals surface area contributed by atoms with Crippen LogP contribution in [0.4, 0.5) is 13.2 Å². The number of hydrogen-bond acceptors (Lipinski definition) is 3. The molecule has 1 N–H and O–H groups in total. The van der Waals surface area contributed by atoms with Crippen molar-refractivity contribution in [3.8, 4) is 0 Å². The Labute approximate surface area is 87.5 Å². The van der Waals surface area contributed by atoms with Gasteiger partial charge >= 0.3 is 11.9 Å². The summed E-state index contributed by atoms with van der Waals surface area (Å²) in [6, 6.07) is 0. The van der Waals surface area contributed by atoms with E-state index in [0.29, 0.717) is 0 Å². The van der Waals surface area contributed by atoms with Gasteiger partial charge in [-0.05, 0) is 6.42 Å². The van der Waals surface area contributed by atoms with E-state index >= 15 is 0 Å². The summed E-state index contributed by atoms with van der Waals surface area (Å²) in [4.78, 5) is 27.2. The molecule has 86 valence electrons. The summed E-state index contributed by atoms with van der Waals surface area (Å²) in [7, 11) is 0. The second kappa shape index (κ2) is 3.43. The number of aryl methyl sites for hydroxylation is 1. The summed E-state index contributed by atoms with van der Waals surface area (Å²) in [6.45, 7) is 0. The summed E-state index contributed by atoms with van der Waals surface area (Å²) in [5.41, 5.74) is -2.28. The van der Waals surface area contributed by atoms with Crippen LogP contribution in [-0.4, -0.2) is 15.8 Å². The molecule has 0 saturated heterocycles. The maximum absolute atomic E-state index is 12.6. The van der Waals surface area contributed by atoms with E-state index in [-0.39, 0.29) is 36.3 Å². The molecule has 1 aromatic heterocycles. The molecule has 0 saturated carbocycles. The molecular formula is C9H7F3N2O2. The van der Waals surface area contributed by atoms with Gasteiger partial charge in [-0.3, -0.25) is 4.79 Å². The molecule has 1 aromatic rings.